The Balaban J connectivity index is 1.77. The summed E-state index contributed by atoms with van der Waals surface area (Å²) >= 11 is 7.42. The van der Waals surface area contributed by atoms with Gasteiger partial charge in [0, 0.05) is 10.3 Å². The van der Waals surface area contributed by atoms with Gasteiger partial charge in [-0.25, -0.2) is 0 Å². The molecule has 1 aromatic heterocycles. The molecule has 100 valence electrons. The van der Waals surface area contributed by atoms with Crippen molar-refractivity contribution in [1.82, 2.24) is 0 Å². The van der Waals surface area contributed by atoms with Crippen LogP contribution in [-0.4, -0.2) is 11.7 Å². The van der Waals surface area contributed by atoms with Crippen LogP contribution in [0.4, 0.5) is 0 Å². The van der Waals surface area contributed by atoms with E-state index >= 15 is 0 Å². The summed E-state index contributed by atoms with van der Waals surface area (Å²) in [6, 6.07) is 9.94. The monoisotopic (exact) mass is 294 g/mol. The highest BCUT2D eigenvalue weighted by molar-refractivity contribution is 7.10. The lowest BCUT2D eigenvalue weighted by Crippen LogP contribution is -2.16. The molecule has 2 unspecified atom stereocenters. The van der Waals surface area contributed by atoms with Crippen molar-refractivity contribution in [2.75, 3.05) is 6.61 Å². The molecule has 1 aromatic carbocycles. The van der Waals surface area contributed by atoms with Crippen molar-refractivity contribution in [3.63, 3.8) is 0 Å². The van der Waals surface area contributed by atoms with E-state index in [0.717, 1.165) is 30.1 Å². The van der Waals surface area contributed by atoms with Gasteiger partial charge in [-0.15, -0.1) is 11.3 Å². The number of fused-ring (bicyclic) bond motifs is 1. The third kappa shape index (κ3) is 2.78. The van der Waals surface area contributed by atoms with Gasteiger partial charge in [0.05, 0.1) is 17.7 Å². The first kappa shape index (κ1) is 13.0. The van der Waals surface area contributed by atoms with Crippen molar-refractivity contribution >= 4 is 22.9 Å². The summed E-state index contributed by atoms with van der Waals surface area (Å²) in [6.45, 7) is 0.722. The lowest BCUT2D eigenvalue weighted by molar-refractivity contribution is 0.148. The predicted octanol–water partition coefficient (Wildman–Crippen LogP) is 4.39. The Kier molecular flexibility index (Phi) is 3.78. The average molecular weight is 295 g/mol. The summed E-state index contributed by atoms with van der Waals surface area (Å²) in [4.78, 5) is 0.939. The molecule has 1 aliphatic rings. The highest BCUT2D eigenvalue weighted by Crippen LogP contribution is 2.40. The van der Waals surface area contributed by atoms with Crippen LogP contribution in [0.25, 0.3) is 0 Å². The fraction of sp³-hybridized carbons (Fsp3) is 0.333. The molecule has 2 heterocycles. The molecule has 19 heavy (non-hydrogen) atoms. The van der Waals surface area contributed by atoms with Crippen LogP contribution >= 0.6 is 22.9 Å². The second-order valence-corrected chi connectivity index (χ2v) is 6.17. The molecule has 0 spiro atoms. The molecule has 0 amide bonds. The molecule has 0 radical (unpaired) electrons. The zero-order valence-electron chi connectivity index (χ0n) is 10.4. The van der Waals surface area contributed by atoms with Gasteiger partial charge in [-0.1, -0.05) is 29.8 Å². The van der Waals surface area contributed by atoms with Crippen LogP contribution in [0.1, 0.15) is 35.3 Å². The summed E-state index contributed by atoms with van der Waals surface area (Å²) in [5.74, 6) is 1.30. The lowest BCUT2D eigenvalue weighted by atomic mass is 9.88. The first-order valence-electron chi connectivity index (χ1n) is 6.38. The standard InChI is InChI=1S/C15H15ClO2S/c16-11-8-15(19-9-11)13(17)7-10-5-6-18-14-4-2-1-3-12(10)14/h1-4,8-10,13,17H,5-7H2. The summed E-state index contributed by atoms with van der Waals surface area (Å²) in [5, 5.41) is 12.9. The maximum absolute atomic E-state index is 10.3. The molecule has 2 nitrogen and oxygen atoms in total. The Bertz CT molecular complexity index is 567. The average Bonchev–Trinajstić information content (AvgIpc) is 2.86. The smallest absolute Gasteiger partial charge is 0.122 e. The van der Waals surface area contributed by atoms with E-state index in [1.807, 2.05) is 29.6 Å². The maximum atomic E-state index is 10.3. The van der Waals surface area contributed by atoms with Gasteiger partial charge in [-0.05, 0) is 36.5 Å². The van der Waals surface area contributed by atoms with Crippen LogP contribution in [0.5, 0.6) is 5.75 Å². The van der Waals surface area contributed by atoms with Crippen molar-refractivity contribution in [2.24, 2.45) is 0 Å². The Morgan fingerprint density at radius 3 is 3.05 bits per heavy atom. The largest absolute Gasteiger partial charge is 0.493 e. The second-order valence-electron chi connectivity index (χ2n) is 4.79. The highest BCUT2D eigenvalue weighted by atomic mass is 35.5. The van der Waals surface area contributed by atoms with Crippen LogP contribution in [0.3, 0.4) is 0 Å². The zero-order valence-corrected chi connectivity index (χ0v) is 12.0. The SMILES string of the molecule is OC(CC1CCOc2ccccc21)c1cc(Cl)cs1. The molecule has 0 aliphatic carbocycles. The third-order valence-electron chi connectivity index (χ3n) is 3.51. The summed E-state index contributed by atoms with van der Waals surface area (Å²) in [7, 11) is 0. The van der Waals surface area contributed by atoms with Crippen molar-refractivity contribution in [3.8, 4) is 5.75 Å². The minimum Gasteiger partial charge on any atom is -0.493 e. The van der Waals surface area contributed by atoms with Gasteiger partial charge in [0.2, 0.25) is 0 Å². The molecular formula is C15H15ClO2S. The van der Waals surface area contributed by atoms with Crippen molar-refractivity contribution in [3.05, 3.63) is 51.2 Å². The van der Waals surface area contributed by atoms with E-state index in [0.29, 0.717) is 10.9 Å². The molecule has 0 saturated heterocycles. The fourth-order valence-corrected chi connectivity index (χ4v) is 3.63. The molecule has 0 fully saturated rings. The first-order valence-corrected chi connectivity index (χ1v) is 7.63. The normalized spacial score (nSPS) is 19.6. The fourth-order valence-electron chi connectivity index (χ4n) is 2.55. The minimum absolute atomic E-state index is 0.348. The summed E-state index contributed by atoms with van der Waals surface area (Å²) in [6.07, 6.45) is 1.22. The maximum Gasteiger partial charge on any atom is 0.122 e. The topological polar surface area (TPSA) is 29.5 Å². The number of aliphatic hydroxyl groups excluding tert-OH is 1. The van der Waals surface area contributed by atoms with Crippen molar-refractivity contribution < 1.29 is 9.84 Å². The number of ether oxygens (including phenoxy) is 1. The number of hydrogen-bond acceptors (Lipinski definition) is 3. The molecule has 2 aromatic rings. The zero-order chi connectivity index (χ0) is 13.2. The van der Waals surface area contributed by atoms with E-state index in [1.165, 1.54) is 16.9 Å². The van der Waals surface area contributed by atoms with Crippen molar-refractivity contribution in [1.29, 1.82) is 0 Å². The Morgan fingerprint density at radius 1 is 1.42 bits per heavy atom. The molecule has 1 aliphatic heterocycles. The Morgan fingerprint density at radius 2 is 2.26 bits per heavy atom. The Labute approximate surface area is 121 Å². The van der Waals surface area contributed by atoms with Crippen LogP contribution < -0.4 is 4.74 Å². The lowest BCUT2D eigenvalue weighted by Gasteiger charge is -2.27. The second kappa shape index (κ2) is 5.53. The van der Waals surface area contributed by atoms with E-state index < -0.39 is 6.10 Å². The molecule has 2 atom stereocenters. The van der Waals surface area contributed by atoms with E-state index in [-0.39, 0.29) is 0 Å². The van der Waals surface area contributed by atoms with Gasteiger partial charge in [0.25, 0.3) is 0 Å². The van der Waals surface area contributed by atoms with Crippen LogP contribution in [0.15, 0.2) is 35.7 Å². The predicted molar refractivity (Wildman–Crippen MR) is 78.2 cm³/mol. The highest BCUT2D eigenvalue weighted by Gasteiger charge is 2.24. The summed E-state index contributed by atoms with van der Waals surface area (Å²) < 4.78 is 5.64. The van der Waals surface area contributed by atoms with Gasteiger partial charge < -0.3 is 9.84 Å². The molecule has 4 heteroatoms. The van der Waals surface area contributed by atoms with Gasteiger partial charge in [-0.2, -0.15) is 0 Å². The number of rotatable bonds is 3. The first-order chi connectivity index (χ1) is 9.24. The number of para-hydroxylation sites is 1. The molecular weight excluding hydrogens is 280 g/mol. The Hall–Kier alpha value is -1.03. The number of aliphatic hydroxyl groups is 1. The van der Waals surface area contributed by atoms with Crippen LogP contribution in [0.2, 0.25) is 5.02 Å². The van der Waals surface area contributed by atoms with E-state index in [9.17, 15) is 5.11 Å². The van der Waals surface area contributed by atoms with Crippen LogP contribution in [0, 0.1) is 0 Å². The third-order valence-corrected chi connectivity index (χ3v) is 4.89. The van der Waals surface area contributed by atoms with Crippen LogP contribution in [-0.2, 0) is 0 Å². The number of halogens is 1. The number of thiophene rings is 1. The van der Waals surface area contributed by atoms with Gasteiger partial charge in [-0.3, -0.25) is 0 Å². The van der Waals surface area contributed by atoms with Gasteiger partial charge in [0.15, 0.2) is 0 Å². The molecule has 0 saturated carbocycles. The molecule has 1 N–H and O–H groups in total. The minimum atomic E-state index is -0.450. The van der Waals surface area contributed by atoms with E-state index in [4.69, 9.17) is 16.3 Å². The summed E-state index contributed by atoms with van der Waals surface area (Å²) in [5.41, 5.74) is 1.20. The molecule has 0 bridgehead atoms. The van der Waals surface area contributed by atoms with Crippen molar-refractivity contribution in [2.45, 2.75) is 24.9 Å². The van der Waals surface area contributed by atoms with E-state index in [2.05, 4.69) is 6.07 Å². The van der Waals surface area contributed by atoms with E-state index in [1.54, 1.807) is 0 Å². The molecule has 3 rings (SSSR count). The van der Waals surface area contributed by atoms with Gasteiger partial charge in [0.1, 0.15) is 5.75 Å². The number of hydrogen-bond donors (Lipinski definition) is 1. The number of benzene rings is 1. The quantitative estimate of drug-likeness (QED) is 0.909. The van der Waals surface area contributed by atoms with Gasteiger partial charge >= 0.3 is 0 Å².